The predicted molar refractivity (Wildman–Crippen MR) is 218 cm³/mol. The summed E-state index contributed by atoms with van der Waals surface area (Å²) in [6, 6.07) is 44.8. The van der Waals surface area contributed by atoms with Crippen LogP contribution in [0.2, 0.25) is 5.02 Å². The highest BCUT2D eigenvalue weighted by Crippen LogP contribution is 2.27. The molecule has 0 bridgehead atoms. The van der Waals surface area contributed by atoms with Gasteiger partial charge in [0.05, 0.1) is 22.6 Å². The molecule has 2 aromatic heterocycles. The van der Waals surface area contributed by atoms with Crippen LogP contribution in [-0.2, 0) is 11.4 Å². The number of fused-ring (bicyclic) bond motifs is 1. The zero-order chi connectivity index (χ0) is 39.4. The first-order valence-electron chi connectivity index (χ1n) is 18.4. The molecule has 57 heavy (non-hydrogen) atoms. The maximum atomic E-state index is 13.6. The Morgan fingerprint density at radius 1 is 0.772 bits per heavy atom. The molecule has 1 unspecified atom stereocenters. The summed E-state index contributed by atoms with van der Waals surface area (Å²) in [5, 5.41) is 7.36. The van der Waals surface area contributed by atoms with E-state index in [0.717, 1.165) is 45.0 Å². The highest BCUT2D eigenvalue weighted by atomic mass is 35.5. The van der Waals surface area contributed by atoms with E-state index in [2.05, 4.69) is 11.8 Å². The molecular weight excluding hydrogens is 740 g/mol. The number of pyridine rings is 1. The maximum absolute atomic E-state index is 13.6. The van der Waals surface area contributed by atoms with Crippen molar-refractivity contribution in [1.29, 1.82) is 0 Å². The number of unbranched alkanes of at least 4 members (excludes halogenated alkanes) is 1. The lowest BCUT2D eigenvalue weighted by atomic mass is 10.1. The third-order valence-corrected chi connectivity index (χ3v) is 8.95. The third-order valence-electron chi connectivity index (χ3n) is 8.70. The van der Waals surface area contributed by atoms with Crippen LogP contribution >= 0.6 is 11.6 Å². The summed E-state index contributed by atoms with van der Waals surface area (Å²) < 4.78 is 18.8. The van der Waals surface area contributed by atoms with Crippen molar-refractivity contribution in [3.63, 3.8) is 0 Å². The maximum Gasteiger partial charge on any atom is 0.539 e. The molecule has 10 nitrogen and oxygen atoms in total. The highest BCUT2D eigenvalue weighted by molar-refractivity contribution is 6.30. The molecule has 11 heteroatoms. The molecule has 284 valence electrons. The van der Waals surface area contributed by atoms with Gasteiger partial charge in [-0.15, -0.1) is 5.06 Å². The minimum absolute atomic E-state index is 0.247. The predicted octanol–water partition coefficient (Wildman–Crippen LogP) is 10.9. The smallest absolute Gasteiger partial charge is 0.487 e. The standard InChI is InChI=1S/C46H37ClN4O6/c1-2-3-13-39(51(45(52)55-41-14-6-4-7-15-41)57-46(53)56-42-16-8-5-9-17-42)26-25-36-31-44(34-19-22-35(47)23-20-34)50(49-36)38-27-29-40(30-28-38)54-32-37-24-21-33-12-10-11-18-43(33)48-37/h4-12,14-24,27-31,39H,2-3,13,32H2,1H3. The van der Waals surface area contributed by atoms with Gasteiger partial charge in [0, 0.05) is 22.0 Å². The van der Waals surface area contributed by atoms with E-state index in [1.807, 2.05) is 85.8 Å². The Balaban J connectivity index is 1.17. The average Bonchev–Trinajstić information content (AvgIpc) is 3.67. The molecule has 7 aromatic rings. The fourth-order valence-corrected chi connectivity index (χ4v) is 5.97. The van der Waals surface area contributed by atoms with E-state index in [4.69, 9.17) is 40.7 Å². The summed E-state index contributed by atoms with van der Waals surface area (Å²) in [6.45, 7) is 2.32. The van der Waals surface area contributed by atoms with E-state index in [0.29, 0.717) is 35.9 Å². The summed E-state index contributed by atoms with van der Waals surface area (Å²) >= 11 is 6.24. The quantitative estimate of drug-likeness (QED) is 0.0553. The van der Waals surface area contributed by atoms with Crippen molar-refractivity contribution in [2.45, 2.75) is 38.8 Å². The Hall–Kier alpha value is -7.09. The van der Waals surface area contributed by atoms with Crippen LogP contribution in [0.5, 0.6) is 17.2 Å². The van der Waals surface area contributed by atoms with Crippen molar-refractivity contribution in [2.24, 2.45) is 0 Å². The molecule has 0 aliphatic carbocycles. The number of benzene rings is 5. The molecular formula is C46H37ClN4O6. The van der Waals surface area contributed by atoms with E-state index in [9.17, 15) is 9.59 Å². The van der Waals surface area contributed by atoms with Crippen LogP contribution in [0.4, 0.5) is 9.59 Å². The third kappa shape index (κ3) is 10.2. The molecule has 0 N–H and O–H groups in total. The number of halogens is 1. The zero-order valence-corrected chi connectivity index (χ0v) is 31.7. The first-order chi connectivity index (χ1) is 27.9. The number of carbonyl (C=O) groups excluding carboxylic acids is 2. The number of nitrogens with zero attached hydrogens (tertiary/aromatic N) is 4. The highest BCUT2D eigenvalue weighted by Gasteiger charge is 2.30. The molecule has 0 aliphatic heterocycles. The van der Waals surface area contributed by atoms with Gasteiger partial charge >= 0.3 is 12.2 Å². The van der Waals surface area contributed by atoms with Crippen LogP contribution < -0.4 is 14.2 Å². The molecule has 0 saturated carbocycles. The number of hydrogen-bond donors (Lipinski definition) is 0. The molecule has 5 aromatic carbocycles. The zero-order valence-electron chi connectivity index (χ0n) is 31.0. The van der Waals surface area contributed by atoms with E-state index in [1.54, 1.807) is 77.5 Å². The summed E-state index contributed by atoms with van der Waals surface area (Å²) in [5.74, 6) is 7.44. The summed E-state index contributed by atoms with van der Waals surface area (Å²) in [5.41, 5.74) is 4.50. The molecule has 1 amide bonds. The van der Waals surface area contributed by atoms with Gasteiger partial charge in [-0.1, -0.05) is 110 Å². The minimum Gasteiger partial charge on any atom is -0.487 e. The molecule has 0 spiro atoms. The van der Waals surface area contributed by atoms with Gasteiger partial charge in [0.2, 0.25) is 0 Å². The number of ether oxygens (including phenoxy) is 3. The summed E-state index contributed by atoms with van der Waals surface area (Å²) in [4.78, 5) is 36.9. The Bertz CT molecular complexity index is 2500. The fourth-order valence-electron chi connectivity index (χ4n) is 5.84. The molecule has 0 aliphatic rings. The molecule has 1 atom stereocenters. The van der Waals surface area contributed by atoms with Crippen LogP contribution in [-0.4, -0.2) is 38.1 Å². The van der Waals surface area contributed by atoms with Crippen LogP contribution in [0.3, 0.4) is 0 Å². The molecule has 7 rings (SSSR count). The number of hydrogen-bond acceptors (Lipinski definition) is 8. The monoisotopic (exact) mass is 776 g/mol. The Morgan fingerprint density at radius 3 is 2.18 bits per heavy atom. The lowest BCUT2D eigenvalue weighted by Gasteiger charge is -2.25. The number of hydroxylamine groups is 2. The van der Waals surface area contributed by atoms with Crippen molar-refractivity contribution in [3.05, 3.63) is 168 Å². The lowest BCUT2D eigenvalue weighted by Crippen LogP contribution is -2.43. The van der Waals surface area contributed by atoms with E-state index >= 15 is 0 Å². The minimum atomic E-state index is -1.12. The number of aromatic nitrogens is 3. The second kappa shape index (κ2) is 18.5. The lowest BCUT2D eigenvalue weighted by molar-refractivity contribution is -0.105. The number of amides is 1. The van der Waals surface area contributed by atoms with Crippen molar-refractivity contribution in [3.8, 4) is 46.0 Å². The van der Waals surface area contributed by atoms with Gasteiger partial charge in [0.15, 0.2) is 0 Å². The first-order valence-corrected chi connectivity index (χ1v) is 18.8. The summed E-state index contributed by atoms with van der Waals surface area (Å²) in [7, 11) is 0. The van der Waals surface area contributed by atoms with Gasteiger partial charge in [-0.2, -0.15) is 5.10 Å². The SMILES string of the molecule is CCCCC(C#Cc1cc(-c2ccc(Cl)cc2)n(-c2ccc(OCc3ccc4ccccc4n3)cc2)n1)N(OC(=O)Oc1ccccc1)C(=O)Oc1ccccc1. The van der Waals surface area contributed by atoms with Crippen molar-refractivity contribution >= 4 is 34.8 Å². The van der Waals surface area contributed by atoms with Gasteiger partial charge in [0.25, 0.3) is 0 Å². The van der Waals surface area contributed by atoms with Gasteiger partial charge in [-0.25, -0.2) is 19.3 Å². The Kier molecular flexibility index (Phi) is 12.4. The average molecular weight is 777 g/mol. The topological polar surface area (TPSA) is 105 Å². The van der Waals surface area contributed by atoms with Crippen LogP contribution in [0.1, 0.15) is 37.6 Å². The van der Waals surface area contributed by atoms with Crippen LogP contribution in [0.25, 0.3) is 27.8 Å². The van der Waals surface area contributed by atoms with Crippen molar-refractivity contribution < 1.29 is 28.6 Å². The fraction of sp³-hybridized carbons (Fsp3) is 0.130. The summed E-state index contributed by atoms with van der Waals surface area (Å²) in [6.07, 6.45) is -0.228. The van der Waals surface area contributed by atoms with Gasteiger partial charge in [-0.05, 0) is 85.1 Å². The second-order valence-corrected chi connectivity index (χ2v) is 13.2. The van der Waals surface area contributed by atoms with Gasteiger partial charge in [-0.3, -0.25) is 4.84 Å². The van der Waals surface area contributed by atoms with Gasteiger partial charge < -0.3 is 14.2 Å². The molecule has 2 heterocycles. The normalized spacial score (nSPS) is 11.2. The van der Waals surface area contributed by atoms with E-state index < -0.39 is 18.3 Å². The number of rotatable bonds is 11. The Labute approximate surface area is 335 Å². The largest absolute Gasteiger partial charge is 0.539 e. The van der Waals surface area contributed by atoms with E-state index in [1.165, 1.54) is 0 Å². The second-order valence-electron chi connectivity index (χ2n) is 12.8. The molecule has 0 fully saturated rings. The van der Waals surface area contributed by atoms with Crippen molar-refractivity contribution in [1.82, 2.24) is 19.8 Å². The van der Waals surface area contributed by atoms with Crippen molar-refractivity contribution in [2.75, 3.05) is 0 Å². The van der Waals surface area contributed by atoms with Crippen LogP contribution in [0.15, 0.2) is 152 Å². The number of carbonyl (C=O) groups is 2. The molecule has 0 radical (unpaired) electrons. The Morgan fingerprint density at radius 2 is 1.46 bits per heavy atom. The van der Waals surface area contributed by atoms with Gasteiger partial charge in [0.1, 0.15) is 35.6 Å². The molecule has 0 saturated heterocycles. The van der Waals surface area contributed by atoms with E-state index in [-0.39, 0.29) is 11.5 Å². The van der Waals surface area contributed by atoms with Crippen LogP contribution in [0, 0.1) is 11.8 Å². The first kappa shape index (κ1) is 38.2. The number of para-hydroxylation sites is 3.